The molecule has 2 N–H and O–H groups in total. The molecule has 7 heteroatoms. The summed E-state index contributed by atoms with van der Waals surface area (Å²) in [6, 6.07) is 2.00. The lowest BCUT2D eigenvalue weighted by atomic mass is 9.77. The molecule has 0 aliphatic carbocycles. The first-order chi connectivity index (χ1) is 16.0. The van der Waals surface area contributed by atoms with Crippen LogP contribution in [-0.2, 0) is 25.5 Å². The number of esters is 2. The van der Waals surface area contributed by atoms with Crippen LogP contribution in [0.15, 0.2) is 46.3 Å². The van der Waals surface area contributed by atoms with Gasteiger partial charge in [-0.15, -0.1) is 0 Å². The van der Waals surface area contributed by atoms with E-state index in [2.05, 4.69) is 35.5 Å². The van der Waals surface area contributed by atoms with Crippen molar-refractivity contribution in [2.24, 2.45) is 5.92 Å². The van der Waals surface area contributed by atoms with Crippen LogP contribution in [0.4, 0.5) is 0 Å². The van der Waals surface area contributed by atoms with Crippen LogP contribution in [0.25, 0.3) is 0 Å². The first-order valence-electron chi connectivity index (χ1n) is 11.9. The van der Waals surface area contributed by atoms with Crippen LogP contribution in [0.5, 0.6) is 0 Å². The van der Waals surface area contributed by atoms with Crippen LogP contribution >= 0.6 is 0 Å². The van der Waals surface area contributed by atoms with Crippen molar-refractivity contribution < 1.29 is 33.7 Å². The van der Waals surface area contributed by atoms with Gasteiger partial charge in [0.25, 0.3) is 0 Å². The molecule has 1 aromatic heterocycles. The Morgan fingerprint density at radius 1 is 1.06 bits per heavy atom. The van der Waals surface area contributed by atoms with Gasteiger partial charge in [-0.25, -0.2) is 9.59 Å². The predicted octanol–water partition coefficient (Wildman–Crippen LogP) is 4.91. The monoisotopic (exact) mass is 478 g/mol. The maximum atomic E-state index is 12.3. The van der Waals surface area contributed by atoms with E-state index in [0.717, 1.165) is 59.7 Å². The molecule has 0 aromatic carbocycles. The summed E-state index contributed by atoms with van der Waals surface area (Å²) in [6.07, 6.45) is 14.4. The average Bonchev–Trinajstić information content (AvgIpc) is 3.31. The van der Waals surface area contributed by atoms with Gasteiger partial charge in [0.15, 0.2) is 5.60 Å². The molecule has 192 valence electrons. The van der Waals surface area contributed by atoms with Crippen LogP contribution in [0, 0.1) is 5.92 Å². The van der Waals surface area contributed by atoms with E-state index < -0.39 is 23.1 Å². The van der Waals surface area contributed by atoms with E-state index in [1.807, 2.05) is 13.0 Å². The zero-order valence-corrected chi connectivity index (χ0v) is 21.6. The SMILES string of the molecule is COC(=O)C(C)(O)C(O)(CC(C)CCC=C(C)CCCC(C)=CCCc1ccoc1)C(=O)OC. The van der Waals surface area contributed by atoms with Gasteiger partial charge in [0.1, 0.15) is 0 Å². The fourth-order valence-electron chi connectivity index (χ4n) is 4.01. The molecule has 0 aliphatic rings. The smallest absolute Gasteiger partial charge is 0.341 e. The largest absolute Gasteiger partial charge is 0.472 e. The van der Waals surface area contributed by atoms with Crippen molar-refractivity contribution in [2.75, 3.05) is 14.2 Å². The maximum absolute atomic E-state index is 12.3. The zero-order valence-electron chi connectivity index (χ0n) is 21.6. The minimum absolute atomic E-state index is 0.128. The van der Waals surface area contributed by atoms with Gasteiger partial charge in [-0.1, -0.05) is 30.2 Å². The van der Waals surface area contributed by atoms with E-state index in [1.54, 1.807) is 12.5 Å². The highest BCUT2D eigenvalue weighted by Gasteiger charge is 2.58. The third-order valence-corrected chi connectivity index (χ3v) is 6.36. The average molecular weight is 479 g/mol. The first kappa shape index (κ1) is 29.7. The van der Waals surface area contributed by atoms with Gasteiger partial charge < -0.3 is 24.1 Å². The summed E-state index contributed by atoms with van der Waals surface area (Å²) in [6.45, 7) is 7.21. The number of carbonyl (C=O) groups is 2. The number of carbonyl (C=O) groups excluding carboxylic acids is 2. The zero-order chi connectivity index (χ0) is 25.8. The Hall–Kier alpha value is -2.38. The number of aliphatic hydroxyl groups is 2. The van der Waals surface area contributed by atoms with Crippen LogP contribution in [-0.4, -0.2) is 47.6 Å². The van der Waals surface area contributed by atoms with E-state index >= 15 is 0 Å². The lowest BCUT2D eigenvalue weighted by Crippen LogP contribution is -2.63. The van der Waals surface area contributed by atoms with E-state index in [9.17, 15) is 19.8 Å². The molecule has 7 nitrogen and oxygen atoms in total. The van der Waals surface area contributed by atoms with Gasteiger partial charge in [-0.05, 0) is 89.7 Å². The Bertz CT molecular complexity index is 820. The van der Waals surface area contributed by atoms with Crippen LogP contribution in [0.1, 0.15) is 78.2 Å². The molecule has 1 heterocycles. The topological polar surface area (TPSA) is 106 Å². The van der Waals surface area contributed by atoms with Crippen molar-refractivity contribution in [3.8, 4) is 0 Å². The fraction of sp³-hybridized carbons (Fsp3) is 0.630. The Morgan fingerprint density at radius 2 is 1.65 bits per heavy atom. The molecule has 0 radical (unpaired) electrons. The van der Waals surface area contributed by atoms with E-state index in [-0.39, 0.29) is 12.3 Å². The molecule has 0 aliphatic heterocycles. The highest BCUT2D eigenvalue weighted by Crippen LogP contribution is 2.33. The quantitative estimate of drug-likeness (QED) is 0.272. The molecule has 0 saturated heterocycles. The Balaban J connectivity index is 2.49. The van der Waals surface area contributed by atoms with Crippen molar-refractivity contribution in [3.63, 3.8) is 0 Å². The van der Waals surface area contributed by atoms with E-state index in [0.29, 0.717) is 6.42 Å². The minimum Gasteiger partial charge on any atom is -0.472 e. The summed E-state index contributed by atoms with van der Waals surface area (Å²) in [5.74, 6) is -2.30. The molecule has 0 spiro atoms. The van der Waals surface area contributed by atoms with Crippen LogP contribution < -0.4 is 0 Å². The fourth-order valence-corrected chi connectivity index (χ4v) is 4.01. The lowest BCUT2D eigenvalue weighted by molar-refractivity contribution is -0.210. The summed E-state index contributed by atoms with van der Waals surface area (Å²) in [7, 11) is 2.19. The number of aryl methyl sites for hydroxylation is 1. The summed E-state index contributed by atoms with van der Waals surface area (Å²) in [5, 5.41) is 21.5. The molecular formula is C27H42O7. The standard InChI is InChI=1S/C27H42O7/c1-20(10-7-11-21(2)13-9-15-23-16-17-34-19-23)12-8-14-22(3)18-27(31,25(29)33-6)26(4,30)24(28)32-5/h12-13,16-17,19,22,30-31H,7-11,14-15,18H2,1-6H3. The van der Waals surface area contributed by atoms with Gasteiger partial charge in [-0.3, -0.25) is 0 Å². The number of allylic oxidation sites excluding steroid dienone is 4. The maximum Gasteiger partial charge on any atom is 0.341 e. The summed E-state index contributed by atoms with van der Waals surface area (Å²) in [4.78, 5) is 24.2. The summed E-state index contributed by atoms with van der Waals surface area (Å²) < 4.78 is 14.3. The highest BCUT2D eigenvalue weighted by molar-refractivity contribution is 5.92. The Morgan fingerprint density at radius 3 is 2.18 bits per heavy atom. The summed E-state index contributed by atoms with van der Waals surface area (Å²) in [5.41, 5.74) is -0.906. The second-order valence-electron chi connectivity index (χ2n) is 9.43. The Labute approximate surface area is 203 Å². The van der Waals surface area contributed by atoms with Crippen molar-refractivity contribution in [1.29, 1.82) is 0 Å². The van der Waals surface area contributed by atoms with Crippen molar-refractivity contribution in [2.45, 2.75) is 90.3 Å². The summed E-state index contributed by atoms with van der Waals surface area (Å²) >= 11 is 0. The molecule has 0 fully saturated rings. The second kappa shape index (κ2) is 14.1. The predicted molar refractivity (Wildman–Crippen MR) is 131 cm³/mol. The molecule has 0 saturated carbocycles. The number of methoxy groups -OCH3 is 2. The minimum atomic E-state index is -2.42. The van der Waals surface area contributed by atoms with E-state index in [4.69, 9.17) is 4.42 Å². The molecule has 1 rings (SSSR count). The van der Waals surface area contributed by atoms with Gasteiger partial charge in [0.2, 0.25) is 5.60 Å². The number of hydrogen-bond acceptors (Lipinski definition) is 7. The number of hydrogen-bond donors (Lipinski definition) is 2. The van der Waals surface area contributed by atoms with Crippen LogP contribution in [0.2, 0.25) is 0 Å². The molecule has 34 heavy (non-hydrogen) atoms. The molecule has 1 aromatic rings. The Kier molecular flexibility index (Phi) is 12.3. The normalized spacial score (nSPS) is 16.9. The van der Waals surface area contributed by atoms with Gasteiger partial charge in [0, 0.05) is 0 Å². The first-order valence-corrected chi connectivity index (χ1v) is 11.9. The molecule has 0 bridgehead atoms. The third-order valence-electron chi connectivity index (χ3n) is 6.36. The van der Waals surface area contributed by atoms with Crippen molar-refractivity contribution in [3.05, 3.63) is 47.5 Å². The van der Waals surface area contributed by atoms with Gasteiger partial charge in [-0.2, -0.15) is 0 Å². The second-order valence-corrected chi connectivity index (χ2v) is 9.43. The van der Waals surface area contributed by atoms with Crippen molar-refractivity contribution in [1.82, 2.24) is 0 Å². The molecule has 3 atom stereocenters. The lowest BCUT2D eigenvalue weighted by Gasteiger charge is -2.37. The van der Waals surface area contributed by atoms with Crippen LogP contribution in [0.3, 0.4) is 0 Å². The van der Waals surface area contributed by atoms with Gasteiger partial charge >= 0.3 is 11.9 Å². The third kappa shape index (κ3) is 8.76. The number of furan rings is 1. The van der Waals surface area contributed by atoms with E-state index in [1.165, 1.54) is 16.7 Å². The molecule has 0 amide bonds. The number of rotatable bonds is 15. The molecular weight excluding hydrogens is 436 g/mol. The molecule has 3 unspecified atom stereocenters. The highest BCUT2D eigenvalue weighted by atomic mass is 16.6. The number of ether oxygens (including phenoxy) is 2. The van der Waals surface area contributed by atoms with Crippen molar-refractivity contribution >= 4 is 11.9 Å². The van der Waals surface area contributed by atoms with Gasteiger partial charge in [0.05, 0.1) is 26.7 Å².